The number of phenolic OH excluding ortho intramolecular Hbond substituents is 2. The lowest BCUT2D eigenvalue weighted by Gasteiger charge is -2.27. The molecule has 35 heavy (non-hydrogen) atoms. The van der Waals surface area contributed by atoms with Crippen LogP contribution in [-0.4, -0.2) is 41.0 Å². The highest BCUT2D eigenvalue weighted by Crippen LogP contribution is 2.42. The molecule has 0 fully saturated rings. The molecule has 0 aliphatic rings. The van der Waals surface area contributed by atoms with Crippen molar-refractivity contribution in [3.05, 3.63) is 87.9 Å². The van der Waals surface area contributed by atoms with E-state index in [0.717, 1.165) is 8.02 Å². The van der Waals surface area contributed by atoms with Crippen LogP contribution in [0.3, 0.4) is 0 Å². The molecule has 0 bridgehead atoms. The van der Waals surface area contributed by atoms with Crippen molar-refractivity contribution in [1.82, 2.24) is 4.31 Å². The van der Waals surface area contributed by atoms with Crippen molar-refractivity contribution in [2.24, 2.45) is 0 Å². The molecule has 0 saturated heterocycles. The first kappa shape index (κ1) is 29.6. The van der Waals surface area contributed by atoms with E-state index in [-0.39, 0.29) is 29.1 Å². The van der Waals surface area contributed by atoms with Crippen LogP contribution in [0.1, 0.15) is 11.1 Å². The van der Waals surface area contributed by atoms with Crippen LogP contribution in [0.15, 0.2) is 66.7 Å². The minimum atomic E-state index is -3.90. The SMILES string of the molecule is CN(C)S(=O)(=O)N(SC(F)(Cl)Cl)c1ccccc1.Oc1ccc(Cl)cc1Cc1cc(Cl)ccc1O. The molecule has 190 valence electrons. The minimum absolute atomic E-state index is 0.147. The van der Waals surface area contributed by atoms with Gasteiger partial charge in [-0.15, -0.1) is 0 Å². The molecule has 0 aliphatic carbocycles. The zero-order valence-electron chi connectivity index (χ0n) is 18.4. The Morgan fingerprint density at radius 2 is 1.34 bits per heavy atom. The summed E-state index contributed by atoms with van der Waals surface area (Å²) < 4.78 is 36.3. The molecular weight excluding hydrogens is 581 g/mol. The van der Waals surface area contributed by atoms with E-state index in [4.69, 9.17) is 46.4 Å². The summed E-state index contributed by atoms with van der Waals surface area (Å²) in [4.78, 5) is 0. The van der Waals surface area contributed by atoms with Crippen LogP contribution in [0.25, 0.3) is 0 Å². The van der Waals surface area contributed by atoms with Crippen LogP contribution in [0.4, 0.5) is 10.1 Å². The lowest BCUT2D eigenvalue weighted by Crippen LogP contribution is -2.37. The number of benzene rings is 3. The third-order valence-corrected chi connectivity index (χ3v) is 8.10. The number of alkyl halides is 3. The van der Waals surface area contributed by atoms with Gasteiger partial charge in [0.25, 0.3) is 0 Å². The molecule has 0 aliphatic heterocycles. The Labute approximate surface area is 228 Å². The third-order valence-electron chi connectivity index (χ3n) is 4.29. The normalized spacial score (nSPS) is 11.7. The van der Waals surface area contributed by atoms with Crippen molar-refractivity contribution in [3.63, 3.8) is 0 Å². The van der Waals surface area contributed by atoms with Gasteiger partial charge >= 0.3 is 14.1 Å². The van der Waals surface area contributed by atoms with Gasteiger partial charge in [-0.1, -0.05) is 64.6 Å². The standard InChI is InChI=1S/C13H10Cl2O2.C9H11Cl2FN2O2S2/c14-10-1-3-12(16)8(6-10)5-9-7-11(15)2-4-13(9)17;1-13(2)18(15,16)14(17-9(10,11)12)8-6-4-3-5-7-8/h1-4,6-7,16-17H,5H2;3-7H,1-2H3. The topological polar surface area (TPSA) is 81.1 Å². The van der Waals surface area contributed by atoms with Crippen molar-refractivity contribution < 1.29 is 23.0 Å². The molecule has 0 saturated carbocycles. The molecule has 0 aromatic heterocycles. The molecule has 13 heteroatoms. The second-order valence-corrected chi connectivity index (χ2v) is 13.0. The number of nitrogens with zero attached hydrogens (tertiary/aromatic N) is 2. The quantitative estimate of drug-likeness (QED) is 0.225. The number of hydrogen-bond donors (Lipinski definition) is 2. The molecule has 3 rings (SSSR count). The van der Waals surface area contributed by atoms with Gasteiger partial charge in [0.1, 0.15) is 11.5 Å². The summed E-state index contributed by atoms with van der Waals surface area (Å²) in [7, 11) is -1.25. The number of anilines is 1. The molecule has 0 heterocycles. The maximum absolute atomic E-state index is 13.3. The number of aromatic hydroxyl groups is 2. The van der Waals surface area contributed by atoms with Crippen LogP contribution in [0.5, 0.6) is 11.5 Å². The number of halogens is 5. The number of rotatable bonds is 7. The van der Waals surface area contributed by atoms with Crippen molar-refractivity contribution in [2.75, 3.05) is 17.8 Å². The molecule has 0 atom stereocenters. The molecule has 0 radical (unpaired) electrons. The first-order valence-corrected chi connectivity index (χ1v) is 13.4. The van der Waals surface area contributed by atoms with E-state index in [0.29, 0.717) is 27.6 Å². The maximum atomic E-state index is 13.3. The molecular formula is C22H21Cl4FN2O4S2. The number of hydrogen-bond acceptors (Lipinski definition) is 5. The summed E-state index contributed by atoms with van der Waals surface area (Å²) in [6, 6.07) is 17.6. The van der Waals surface area contributed by atoms with Gasteiger partial charge in [0, 0.05) is 42.5 Å². The van der Waals surface area contributed by atoms with Crippen LogP contribution in [0, 0.1) is 0 Å². The fourth-order valence-corrected chi connectivity index (χ4v) is 5.86. The average Bonchev–Trinajstić information content (AvgIpc) is 2.77. The summed E-state index contributed by atoms with van der Waals surface area (Å²) >= 11 is 22.3. The molecule has 6 nitrogen and oxygen atoms in total. The van der Waals surface area contributed by atoms with Crippen LogP contribution < -0.4 is 3.71 Å². The predicted octanol–water partition coefficient (Wildman–Crippen LogP) is 7.00. The van der Waals surface area contributed by atoms with Crippen LogP contribution in [-0.2, 0) is 16.6 Å². The Kier molecular flexibility index (Phi) is 10.7. The van der Waals surface area contributed by atoms with Gasteiger partial charge in [0.05, 0.1) is 5.69 Å². The van der Waals surface area contributed by atoms with E-state index in [1.54, 1.807) is 42.5 Å². The van der Waals surface area contributed by atoms with E-state index < -0.39 is 14.1 Å². The Morgan fingerprint density at radius 1 is 0.886 bits per heavy atom. The van der Waals surface area contributed by atoms with Crippen molar-refractivity contribution in [1.29, 1.82) is 0 Å². The van der Waals surface area contributed by atoms with Gasteiger partial charge in [-0.2, -0.15) is 20.8 Å². The highest BCUT2D eigenvalue weighted by atomic mass is 35.5. The molecule has 0 amide bonds. The van der Waals surface area contributed by atoms with E-state index >= 15 is 0 Å². The first-order valence-electron chi connectivity index (χ1n) is 9.69. The van der Waals surface area contributed by atoms with Gasteiger partial charge in [-0.05, 0) is 59.7 Å². The summed E-state index contributed by atoms with van der Waals surface area (Å²) in [5.41, 5.74) is 1.55. The predicted molar refractivity (Wildman–Crippen MR) is 144 cm³/mol. The molecule has 3 aromatic carbocycles. The minimum Gasteiger partial charge on any atom is -0.508 e. The van der Waals surface area contributed by atoms with Gasteiger partial charge in [-0.25, -0.2) is 0 Å². The highest BCUT2D eigenvalue weighted by Gasteiger charge is 2.35. The zero-order chi connectivity index (χ0) is 26.4. The second-order valence-electron chi connectivity index (χ2n) is 7.11. The van der Waals surface area contributed by atoms with E-state index in [9.17, 15) is 23.0 Å². The van der Waals surface area contributed by atoms with E-state index in [1.165, 1.54) is 38.4 Å². The van der Waals surface area contributed by atoms with Gasteiger partial charge in [0.2, 0.25) is 0 Å². The Hall–Kier alpha value is -1.59. The third kappa shape index (κ3) is 9.09. The van der Waals surface area contributed by atoms with E-state index in [1.807, 2.05) is 0 Å². The molecule has 2 N–H and O–H groups in total. The van der Waals surface area contributed by atoms with Crippen molar-refractivity contribution in [2.45, 2.75) is 10.3 Å². The Bertz CT molecular complexity index is 1190. The molecule has 0 unspecified atom stereocenters. The molecule has 3 aromatic rings. The second kappa shape index (κ2) is 12.6. The van der Waals surface area contributed by atoms with E-state index in [2.05, 4.69) is 0 Å². The smallest absolute Gasteiger partial charge is 0.324 e. The fraction of sp³-hybridized carbons (Fsp3) is 0.182. The summed E-state index contributed by atoms with van der Waals surface area (Å²) in [5, 5.41) is 20.4. The first-order chi connectivity index (χ1) is 16.2. The lowest BCUT2D eigenvalue weighted by molar-refractivity contribution is 0.463. The summed E-state index contributed by atoms with van der Waals surface area (Å²) in [6.07, 6.45) is 0.374. The molecule has 0 spiro atoms. The van der Waals surface area contributed by atoms with Gasteiger partial charge in [-0.3, -0.25) is 0 Å². The summed E-state index contributed by atoms with van der Waals surface area (Å²) in [6.45, 7) is 0. The lowest BCUT2D eigenvalue weighted by atomic mass is 10.0. The average molecular weight is 602 g/mol. The van der Waals surface area contributed by atoms with Crippen molar-refractivity contribution in [3.8, 4) is 11.5 Å². The Morgan fingerprint density at radius 3 is 1.74 bits per heavy atom. The Balaban J connectivity index is 0.000000247. The van der Waals surface area contributed by atoms with Crippen molar-refractivity contribution >= 4 is 74.2 Å². The fourth-order valence-electron chi connectivity index (χ4n) is 2.62. The highest BCUT2D eigenvalue weighted by molar-refractivity contribution is 8.15. The zero-order valence-corrected chi connectivity index (χ0v) is 23.0. The van der Waals surface area contributed by atoms with Crippen LogP contribution >= 0.6 is 58.4 Å². The largest absolute Gasteiger partial charge is 0.508 e. The maximum Gasteiger partial charge on any atom is 0.324 e. The number of para-hydroxylation sites is 1. The summed E-state index contributed by atoms with van der Waals surface area (Å²) in [5.74, 6) is 0.294. The monoisotopic (exact) mass is 600 g/mol. The van der Waals surface area contributed by atoms with Crippen LogP contribution in [0.2, 0.25) is 10.0 Å². The van der Waals surface area contributed by atoms with Gasteiger partial charge in [0.15, 0.2) is 0 Å². The number of phenols is 2. The van der Waals surface area contributed by atoms with Gasteiger partial charge < -0.3 is 10.2 Å².